The summed E-state index contributed by atoms with van der Waals surface area (Å²) in [7, 11) is 0. The summed E-state index contributed by atoms with van der Waals surface area (Å²) in [5.74, 6) is -0.986. The van der Waals surface area contributed by atoms with E-state index >= 15 is 0 Å². The third-order valence-electron chi connectivity index (χ3n) is 5.20. The Morgan fingerprint density at radius 1 is 1.27 bits per heavy atom. The van der Waals surface area contributed by atoms with Crippen LogP contribution in [0.2, 0.25) is 0 Å². The molecule has 1 aliphatic heterocycles. The number of alkyl halides is 3. The fraction of sp³-hybridized carbons (Fsp3) is 0.550. The molecule has 1 atom stereocenters. The van der Waals surface area contributed by atoms with Crippen molar-refractivity contribution in [3.05, 3.63) is 45.3 Å². The highest BCUT2D eigenvalue weighted by molar-refractivity contribution is 5.82. The number of nitrogens with zero attached hydrogens (tertiary/aromatic N) is 1. The Morgan fingerprint density at radius 3 is 2.65 bits per heavy atom. The Morgan fingerprint density at radius 2 is 2.00 bits per heavy atom. The zero-order valence-corrected chi connectivity index (χ0v) is 15.3. The number of fused-ring (bicyclic) bond motifs is 1. The predicted octanol–water partition coefficient (Wildman–Crippen LogP) is 5.00. The minimum Gasteiger partial charge on any atom is -0.423 e. The molecule has 0 bridgehead atoms. The second kappa shape index (κ2) is 7.06. The Balaban J connectivity index is 1.96. The molecule has 0 aliphatic carbocycles. The van der Waals surface area contributed by atoms with Crippen LogP contribution in [-0.2, 0) is 6.54 Å². The molecule has 1 aliphatic rings. The lowest BCUT2D eigenvalue weighted by atomic mass is 9.94. The summed E-state index contributed by atoms with van der Waals surface area (Å²) < 4.78 is 44.5. The lowest BCUT2D eigenvalue weighted by Gasteiger charge is -2.33. The van der Waals surface area contributed by atoms with E-state index in [0.29, 0.717) is 31.0 Å². The third-order valence-corrected chi connectivity index (χ3v) is 5.20. The van der Waals surface area contributed by atoms with Crippen LogP contribution < -0.4 is 5.63 Å². The van der Waals surface area contributed by atoms with E-state index in [1.807, 2.05) is 19.1 Å². The van der Waals surface area contributed by atoms with E-state index in [9.17, 15) is 18.0 Å². The number of hydrogen-bond acceptors (Lipinski definition) is 3. The van der Waals surface area contributed by atoms with E-state index in [2.05, 4.69) is 13.8 Å². The predicted molar refractivity (Wildman–Crippen MR) is 95.4 cm³/mol. The fourth-order valence-electron chi connectivity index (χ4n) is 3.85. The maximum Gasteiger partial charge on any atom is 0.393 e. The topological polar surface area (TPSA) is 33.5 Å². The van der Waals surface area contributed by atoms with Crippen LogP contribution in [0.25, 0.3) is 11.0 Å². The zero-order valence-electron chi connectivity index (χ0n) is 15.3. The van der Waals surface area contributed by atoms with Gasteiger partial charge in [-0.05, 0) is 61.1 Å². The number of aryl methyl sites for hydroxylation is 1. The summed E-state index contributed by atoms with van der Waals surface area (Å²) in [6.07, 6.45) is -3.48. The second-order valence-electron chi connectivity index (χ2n) is 7.57. The Bertz CT molecular complexity index is 854. The maximum absolute atomic E-state index is 13.1. The van der Waals surface area contributed by atoms with Gasteiger partial charge in [0, 0.05) is 24.5 Å². The van der Waals surface area contributed by atoms with Crippen molar-refractivity contribution in [1.82, 2.24) is 4.90 Å². The highest BCUT2D eigenvalue weighted by Crippen LogP contribution is 2.34. The van der Waals surface area contributed by atoms with Crippen LogP contribution in [0.1, 0.15) is 49.3 Å². The van der Waals surface area contributed by atoms with Gasteiger partial charge in [-0.2, -0.15) is 13.2 Å². The molecule has 0 radical (unpaired) electrons. The highest BCUT2D eigenvalue weighted by atomic mass is 19.4. The van der Waals surface area contributed by atoms with Crippen molar-refractivity contribution in [2.75, 3.05) is 13.1 Å². The minimum atomic E-state index is -4.17. The SMILES string of the molecule is Cc1cc2oc(=O)cc(CN3CCCC(C(F)(F)F)C3)c2cc1C(C)C. The fourth-order valence-corrected chi connectivity index (χ4v) is 3.85. The molecule has 2 aromatic rings. The molecule has 1 fully saturated rings. The van der Waals surface area contributed by atoms with Crippen LogP contribution in [-0.4, -0.2) is 24.2 Å². The quantitative estimate of drug-likeness (QED) is 0.716. The molecular weight excluding hydrogens is 343 g/mol. The minimum absolute atomic E-state index is 0.0197. The van der Waals surface area contributed by atoms with Gasteiger partial charge in [-0.1, -0.05) is 13.8 Å². The van der Waals surface area contributed by atoms with Gasteiger partial charge in [0.25, 0.3) is 0 Å². The third kappa shape index (κ3) is 3.95. The maximum atomic E-state index is 13.1. The summed E-state index contributed by atoms with van der Waals surface area (Å²) >= 11 is 0. The summed E-state index contributed by atoms with van der Waals surface area (Å²) in [4.78, 5) is 13.7. The van der Waals surface area contributed by atoms with Crippen LogP contribution in [0.15, 0.2) is 27.4 Å². The van der Waals surface area contributed by atoms with Crippen molar-refractivity contribution in [1.29, 1.82) is 0 Å². The highest BCUT2D eigenvalue weighted by Gasteiger charge is 2.41. The molecule has 1 saturated heterocycles. The average molecular weight is 367 g/mol. The van der Waals surface area contributed by atoms with Crippen molar-refractivity contribution < 1.29 is 17.6 Å². The van der Waals surface area contributed by atoms with Gasteiger partial charge in [0.15, 0.2) is 0 Å². The van der Waals surface area contributed by atoms with Gasteiger partial charge in [0.1, 0.15) is 5.58 Å². The van der Waals surface area contributed by atoms with Gasteiger partial charge in [0.2, 0.25) is 0 Å². The van der Waals surface area contributed by atoms with Gasteiger partial charge in [-0.25, -0.2) is 4.79 Å². The van der Waals surface area contributed by atoms with Gasteiger partial charge >= 0.3 is 11.8 Å². The number of piperidine rings is 1. The standard InChI is InChI=1S/C20H24F3NO2/c1-12(2)16-9-17-14(8-19(25)26-18(17)7-13(16)3)10-24-6-4-5-15(11-24)20(21,22)23/h7-9,12,15H,4-6,10-11H2,1-3H3. The molecule has 3 rings (SSSR count). The molecule has 0 amide bonds. The average Bonchev–Trinajstić information content (AvgIpc) is 2.53. The Kier molecular flexibility index (Phi) is 5.15. The summed E-state index contributed by atoms with van der Waals surface area (Å²) in [6, 6.07) is 5.28. The first kappa shape index (κ1) is 19.0. The van der Waals surface area contributed by atoms with Crippen LogP contribution in [0.3, 0.4) is 0 Å². The largest absolute Gasteiger partial charge is 0.423 e. The second-order valence-corrected chi connectivity index (χ2v) is 7.57. The number of benzene rings is 1. The molecule has 26 heavy (non-hydrogen) atoms. The molecule has 0 N–H and O–H groups in total. The van der Waals surface area contributed by atoms with Crippen molar-refractivity contribution in [3.63, 3.8) is 0 Å². The first-order valence-electron chi connectivity index (χ1n) is 9.01. The lowest BCUT2D eigenvalue weighted by Crippen LogP contribution is -2.41. The molecule has 142 valence electrons. The van der Waals surface area contributed by atoms with Crippen molar-refractivity contribution >= 4 is 11.0 Å². The van der Waals surface area contributed by atoms with Crippen molar-refractivity contribution in [3.8, 4) is 0 Å². The lowest BCUT2D eigenvalue weighted by molar-refractivity contribution is -0.187. The molecular formula is C20H24F3NO2. The molecule has 6 heteroatoms. The molecule has 1 aromatic carbocycles. The van der Waals surface area contributed by atoms with E-state index < -0.39 is 17.7 Å². The normalized spacial score (nSPS) is 19.4. The monoisotopic (exact) mass is 367 g/mol. The van der Waals surface area contributed by atoms with Gasteiger partial charge in [-0.15, -0.1) is 0 Å². The van der Waals surface area contributed by atoms with Crippen LogP contribution in [0.4, 0.5) is 13.2 Å². The molecule has 3 nitrogen and oxygen atoms in total. The number of likely N-dealkylation sites (tertiary alicyclic amines) is 1. The van der Waals surface area contributed by atoms with Crippen LogP contribution in [0.5, 0.6) is 0 Å². The van der Waals surface area contributed by atoms with Gasteiger partial charge in [0.05, 0.1) is 5.92 Å². The summed E-state index contributed by atoms with van der Waals surface area (Å²) in [6.45, 7) is 7.07. The first-order valence-corrected chi connectivity index (χ1v) is 9.01. The van der Waals surface area contributed by atoms with Crippen LogP contribution in [0, 0.1) is 12.8 Å². The Labute approximate surface area is 150 Å². The van der Waals surface area contributed by atoms with Crippen LogP contribution >= 0.6 is 0 Å². The van der Waals surface area contributed by atoms with E-state index in [4.69, 9.17) is 4.42 Å². The molecule has 0 saturated carbocycles. The summed E-state index contributed by atoms with van der Waals surface area (Å²) in [5, 5.41) is 0.813. The van der Waals surface area contributed by atoms with E-state index in [1.54, 1.807) is 4.90 Å². The number of rotatable bonds is 3. The smallest absolute Gasteiger partial charge is 0.393 e. The molecule has 1 unspecified atom stereocenters. The van der Waals surface area contributed by atoms with Crippen molar-refractivity contribution in [2.24, 2.45) is 5.92 Å². The molecule has 1 aromatic heterocycles. The van der Waals surface area contributed by atoms with Gasteiger partial charge < -0.3 is 4.42 Å². The number of halogens is 3. The first-order chi connectivity index (χ1) is 12.1. The van der Waals surface area contributed by atoms with Gasteiger partial charge in [-0.3, -0.25) is 4.90 Å². The zero-order chi connectivity index (χ0) is 19.1. The molecule has 0 spiro atoms. The number of hydrogen-bond donors (Lipinski definition) is 0. The molecule has 2 heterocycles. The van der Waals surface area contributed by atoms with E-state index in [1.165, 1.54) is 6.07 Å². The van der Waals surface area contributed by atoms with Crippen molar-refractivity contribution in [2.45, 2.75) is 52.3 Å². The summed E-state index contributed by atoms with van der Waals surface area (Å²) in [5.41, 5.74) is 2.97. The van der Waals surface area contributed by atoms with E-state index in [0.717, 1.165) is 22.1 Å². The van der Waals surface area contributed by atoms with E-state index in [-0.39, 0.29) is 13.0 Å². The Hall–Kier alpha value is -1.82.